The van der Waals surface area contributed by atoms with Gasteiger partial charge in [-0.05, 0) is 59.5 Å². The molecule has 1 heterocycles. The first kappa shape index (κ1) is 15.7. The lowest BCUT2D eigenvalue weighted by Gasteiger charge is -2.42. The SMILES string of the molecule is CCc1ccc(CC(NC)C(C)(CC)N(C)C)s1. The van der Waals surface area contributed by atoms with Crippen LogP contribution in [0.1, 0.15) is 36.9 Å². The van der Waals surface area contributed by atoms with Gasteiger partial charge >= 0.3 is 0 Å². The molecule has 1 N–H and O–H groups in total. The van der Waals surface area contributed by atoms with Crippen molar-refractivity contribution in [3.63, 3.8) is 0 Å². The van der Waals surface area contributed by atoms with Gasteiger partial charge in [-0.1, -0.05) is 13.8 Å². The minimum Gasteiger partial charge on any atom is -0.315 e. The van der Waals surface area contributed by atoms with E-state index in [1.54, 1.807) is 0 Å². The number of hydrogen-bond donors (Lipinski definition) is 1. The van der Waals surface area contributed by atoms with Crippen LogP contribution >= 0.6 is 11.3 Å². The summed E-state index contributed by atoms with van der Waals surface area (Å²) in [5.41, 5.74) is 0.200. The van der Waals surface area contributed by atoms with E-state index in [0.717, 1.165) is 19.3 Å². The van der Waals surface area contributed by atoms with Gasteiger partial charge in [-0.25, -0.2) is 0 Å². The predicted molar refractivity (Wildman–Crippen MR) is 82.6 cm³/mol. The summed E-state index contributed by atoms with van der Waals surface area (Å²) >= 11 is 1.96. The van der Waals surface area contributed by atoms with E-state index in [9.17, 15) is 0 Å². The lowest BCUT2D eigenvalue weighted by molar-refractivity contribution is 0.117. The van der Waals surface area contributed by atoms with E-state index in [4.69, 9.17) is 0 Å². The molecule has 0 saturated heterocycles. The molecule has 0 aliphatic rings. The number of nitrogens with one attached hydrogen (secondary N) is 1. The Morgan fingerprint density at radius 1 is 1.28 bits per heavy atom. The molecule has 0 aliphatic heterocycles. The van der Waals surface area contributed by atoms with Crippen molar-refractivity contribution in [1.82, 2.24) is 10.2 Å². The van der Waals surface area contributed by atoms with Gasteiger partial charge in [0, 0.05) is 21.3 Å². The molecule has 0 radical (unpaired) electrons. The van der Waals surface area contributed by atoms with E-state index < -0.39 is 0 Å². The van der Waals surface area contributed by atoms with Crippen LogP contribution in [0.5, 0.6) is 0 Å². The van der Waals surface area contributed by atoms with Gasteiger partial charge in [0.15, 0.2) is 0 Å². The maximum absolute atomic E-state index is 3.52. The predicted octanol–water partition coefficient (Wildman–Crippen LogP) is 3.17. The molecule has 1 aromatic rings. The Kier molecular flexibility index (Phi) is 5.83. The molecule has 1 aromatic heterocycles. The minimum absolute atomic E-state index is 0.200. The third kappa shape index (κ3) is 3.34. The van der Waals surface area contributed by atoms with Crippen molar-refractivity contribution in [1.29, 1.82) is 0 Å². The van der Waals surface area contributed by atoms with Crippen molar-refractivity contribution in [3.8, 4) is 0 Å². The fourth-order valence-electron chi connectivity index (χ4n) is 2.43. The van der Waals surface area contributed by atoms with Gasteiger partial charge in [0.1, 0.15) is 0 Å². The van der Waals surface area contributed by atoms with Gasteiger partial charge in [-0.3, -0.25) is 0 Å². The molecule has 1 rings (SSSR count). The highest BCUT2D eigenvalue weighted by molar-refractivity contribution is 7.11. The zero-order valence-electron chi connectivity index (χ0n) is 12.7. The quantitative estimate of drug-likeness (QED) is 0.817. The molecule has 2 unspecified atom stereocenters. The van der Waals surface area contributed by atoms with E-state index >= 15 is 0 Å². The summed E-state index contributed by atoms with van der Waals surface area (Å²) in [6.45, 7) is 6.85. The smallest absolute Gasteiger partial charge is 0.0329 e. The van der Waals surface area contributed by atoms with Gasteiger partial charge in [0.25, 0.3) is 0 Å². The summed E-state index contributed by atoms with van der Waals surface area (Å²) < 4.78 is 0. The normalized spacial score (nSPS) is 16.8. The van der Waals surface area contributed by atoms with Crippen molar-refractivity contribution >= 4 is 11.3 Å². The Balaban J connectivity index is 2.83. The monoisotopic (exact) mass is 268 g/mol. The second kappa shape index (κ2) is 6.69. The van der Waals surface area contributed by atoms with Crippen LogP contribution in [-0.2, 0) is 12.8 Å². The Morgan fingerprint density at radius 3 is 2.28 bits per heavy atom. The van der Waals surface area contributed by atoms with Crippen molar-refractivity contribution < 1.29 is 0 Å². The minimum atomic E-state index is 0.200. The highest BCUT2D eigenvalue weighted by Gasteiger charge is 2.33. The molecule has 2 atom stereocenters. The molecule has 0 saturated carbocycles. The number of thiophene rings is 1. The number of nitrogens with zero attached hydrogens (tertiary/aromatic N) is 1. The van der Waals surface area contributed by atoms with Crippen molar-refractivity contribution in [2.45, 2.75) is 51.6 Å². The number of aryl methyl sites for hydroxylation is 1. The molecule has 0 amide bonds. The molecular formula is C15H28N2S. The second-order valence-corrected chi connectivity index (χ2v) is 6.62. The summed E-state index contributed by atoms with van der Waals surface area (Å²) in [5, 5.41) is 3.52. The Bertz CT molecular complexity index is 359. The Morgan fingerprint density at radius 2 is 1.89 bits per heavy atom. The van der Waals surface area contributed by atoms with Crippen LogP contribution in [0.3, 0.4) is 0 Å². The second-order valence-electron chi connectivity index (χ2n) is 5.37. The van der Waals surface area contributed by atoms with Crippen molar-refractivity contribution in [2.24, 2.45) is 0 Å². The fourth-order valence-corrected chi connectivity index (χ4v) is 3.43. The molecule has 3 heteroatoms. The molecule has 0 fully saturated rings. The zero-order chi connectivity index (χ0) is 13.8. The largest absolute Gasteiger partial charge is 0.315 e. The van der Waals surface area contributed by atoms with Crippen LogP contribution in [0.2, 0.25) is 0 Å². The van der Waals surface area contributed by atoms with Crippen LogP contribution in [0, 0.1) is 0 Å². The lowest BCUT2D eigenvalue weighted by Crippen LogP contribution is -2.56. The Hall–Kier alpha value is -0.380. The first-order valence-electron chi connectivity index (χ1n) is 6.90. The summed E-state index contributed by atoms with van der Waals surface area (Å²) in [6, 6.07) is 5.05. The first-order valence-corrected chi connectivity index (χ1v) is 7.71. The zero-order valence-corrected chi connectivity index (χ0v) is 13.5. The van der Waals surface area contributed by atoms with Crippen LogP contribution in [-0.4, -0.2) is 37.6 Å². The fraction of sp³-hybridized carbons (Fsp3) is 0.733. The lowest BCUT2D eigenvalue weighted by atomic mass is 9.85. The highest BCUT2D eigenvalue weighted by atomic mass is 32.1. The molecule has 2 nitrogen and oxygen atoms in total. The van der Waals surface area contributed by atoms with E-state index in [1.807, 2.05) is 11.3 Å². The highest BCUT2D eigenvalue weighted by Crippen LogP contribution is 2.26. The van der Waals surface area contributed by atoms with Crippen LogP contribution in [0.15, 0.2) is 12.1 Å². The topological polar surface area (TPSA) is 15.3 Å². The van der Waals surface area contributed by atoms with Crippen molar-refractivity contribution in [3.05, 3.63) is 21.9 Å². The average molecular weight is 268 g/mol. The summed E-state index contributed by atoms with van der Waals surface area (Å²) in [6.07, 6.45) is 3.41. The summed E-state index contributed by atoms with van der Waals surface area (Å²) in [5.74, 6) is 0. The molecule has 0 aromatic carbocycles. The number of hydrogen-bond acceptors (Lipinski definition) is 3. The molecule has 0 spiro atoms. The van der Waals surface area contributed by atoms with Crippen LogP contribution in [0.25, 0.3) is 0 Å². The van der Waals surface area contributed by atoms with Gasteiger partial charge < -0.3 is 10.2 Å². The molecule has 0 aliphatic carbocycles. The van der Waals surface area contributed by atoms with E-state index in [1.165, 1.54) is 9.75 Å². The van der Waals surface area contributed by atoms with Gasteiger partial charge in [0.05, 0.1) is 0 Å². The maximum Gasteiger partial charge on any atom is 0.0329 e. The van der Waals surface area contributed by atoms with E-state index in [-0.39, 0.29) is 5.54 Å². The van der Waals surface area contributed by atoms with Crippen LogP contribution < -0.4 is 5.32 Å². The Labute approximate surface area is 116 Å². The van der Waals surface area contributed by atoms with Gasteiger partial charge in [0.2, 0.25) is 0 Å². The summed E-state index contributed by atoms with van der Waals surface area (Å²) in [4.78, 5) is 5.33. The average Bonchev–Trinajstić information content (AvgIpc) is 2.82. The molecule has 0 bridgehead atoms. The van der Waals surface area contributed by atoms with Gasteiger partial charge in [-0.2, -0.15) is 0 Å². The summed E-state index contributed by atoms with van der Waals surface area (Å²) in [7, 11) is 6.44. The molecular weight excluding hydrogens is 240 g/mol. The van der Waals surface area contributed by atoms with E-state index in [0.29, 0.717) is 6.04 Å². The maximum atomic E-state index is 3.52. The first-order chi connectivity index (χ1) is 8.47. The third-order valence-corrected chi connectivity index (χ3v) is 5.56. The number of rotatable bonds is 7. The standard InChI is InChI=1S/C15H28N2S/c1-7-12-9-10-13(18-12)11-14(16-4)15(3,8-2)17(5)6/h9-10,14,16H,7-8,11H2,1-6H3. The molecule has 18 heavy (non-hydrogen) atoms. The van der Waals surface area contributed by atoms with Crippen molar-refractivity contribution in [2.75, 3.05) is 21.1 Å². The molecule has 104 valence electrons. The van der Waals surface area contributed by atoms with Gasteiger partial charge in [-0.15, -0.1) is 11.3 Å². The van der Waals surface area contributed by atoms with Crippen LogP contribution in [0.4, 0.5) is 0 Å². The third-order valence-electron chi connectivity index (χ3n) is 4.31. The van der Waals surface area contributed by atoms with E-state index in [2.05, 4.69) is 64.3 Å². The number of likely N-dealkylation sites (N-methyl/N-ethyl adjacent to an activating group) is 2.